The van der Waals surface area contributed by atoms with Crippen LogP contribution in [0.5, 0.6) is 0 Å². The molecule has 32 heavy (non-hydrogen) atoms. The fourth-order valence-corrected chi connectivity index (χ4v) is 4.17. The van der Waals surface area contributed by atoms with E-state index in [1.807, 2.05) is 0 Å². The fourth-order valence-electron chi connectivity index (χ4n) is 2.79. The van der Waals surface area contributed by atoms with Crippen LogP contribution in [-0.2, 0) is 12.7 Å². The predicted octanol–water partition coefficient (Wildman–Crippen LogP) is 4.05. The van der Waals surface area contributed by atoms with Gasteiger partial charge in [-0.15, -0.1) is 22.7 Å². The fraction of sp³-hybridized carbons (Fsp3) is 0.158. The lowest BCUT2D eigenvalue weighted by Crippen LogP contribution is -2.24. The number of carbonyl (C=O) groups excluding carboxylic acids is 2. The molecule has 3 aromatic heterocycles. The largest absolute Gasteiger partial charge is 0.416 e. The normalized spacial score (nSPS) is 11.5. The molecule has 0 atom stereocenters. The number of alkyl halides is 3. The Morgan fingerprint density at radius 3 is 2.69 bits per heavy atom. The van der Waals surface area contributed by atoms with Crippen LogP contribution in [0.15, 0.2) is 36.2 Å². The molecule has 0 bridgehead atoms. The zero-order valence-corrected chi connectivity index (χ0v) is 17.9. The van der Waals surface area contributed by atoms with Gasteiger partial charge in [-0.05, 0) is 24.6 Å². The summed E-state index contributed by atoms with van der Waals surface area (Å²) in [5, 5.41) is 5.53. The summed E-state index contributed by atoms with van der Waals surface area (Å²) in [5.41, 5.74) is 1.35. The highest BCUT2D eigenvalue weighted by atomic mass is 32.1. The number of thiazole rings is 2. The average Bonchev–Trinajstić information content (AvgIpc) is 3.42. The first-order chi connectivity index (χ1) is 15.2. The molecule has 13 heteroatoms. The van der Waals surface area contributed by atoms with Gasteiger partial charge < -0.3 is 10.6 Å². The number of nitrogens with one attached hydrogen (secondary N) is 2. The molecule has 3 heterocycles. The molecule has 4 aromatic rings. The Balaban J connectivity index is 1.41. The maximum atomic E-state index is 13.1. The van der Waals surface area contributed by atoms with Crippen LogP contribution in [0.1, 0.15) is 36.3 Å². The second-order valence-electron chi connectivity index (χ2n) is 6.51. The van der Waals surface area contributed by atoms with E-state index in [4.69, 9.17) is 0 Å². The number of hydrogen-bond acceptors (Lipinski definition) is 8. The van der Waals surface area contributed by atoms with E-state index < -0.39 is 23.6 Å². The van der Waals surface area contributed by atoms with Crippen molar-refractivity contribution in [3.8, 4) is 0 Å². The molecule has 2 amide bonds. The van der Waals surface area contributed by atoms with E-state index in [9.17, 15) is 22.8 Å². The number of nitrogens with zero attached hydrogens (tertiary/aromatic N) is 4. The summed E-state index contributed by atoms with van der Waals surface area (Å²) in [6.45, 7) is 1.38. The number of aryl methyl sites for hydroxylation is 1. The van der Waals surface area contributed by atoms with Gasteiger partial charge in [0.15, 0.2) is 5.69 Å². The molecule has 0 aliphatic rings. The van der Waals surface area contributed by atoms with E-state index in [0.29, 0.717) is 15.4 Å². The number of fused-ring (bicyclic) bond motifs is 1. The lowest BCUT2D eigenvalue weighted by molar-refractivity contribution is -0.138. The molecule has 0 radical (unpaired) electrons. The number of rotatable bonds is 5. The number of anilines is 1. The number of aromatic nitrogens is 4. The third-order valence-electron chi connectivity index (χ3n) is 4.33. The van der Waals surface area contributed by atoms with Crippen molar-refractivity contribution in [1.82, 2.24) is 25.3 Å². The highest BCUT2D eigenvalue weighted by molar-refractivity contribution is 7.16. The minimum absolute atomic E-state index is 0.0206. The number of amides is 2. The van der Waals surface area contributed by atoms with Gasteiger partial charge in [0.1, 0.15) is 26.6 Å². The number of hydrogen-bond donors (Lipinski definition) is 2. The molecule has 0 saturated carbocycles. The van der Waals surface area contributed by atoms with E-state index in [1.165, 1.54) is 42.9 Å². The molecule has 0 aliphatic heterocycles. The van der Waals surface area contributed by atoms with Crippen molar-refractivity contribution in [1.29, 1.82) is 0 Å². The highest BCUT2D eigenvalue weighted by Crippen LogP contribution is 2.33. The Labute approximate surface area is 186 Å². The quantitative estimate of drug-likeness (QED) is 0.448. The summed E-state index contributed by atoms with van der Waals surface area (Å²) in [5.74, 6) is -1.07. The zero-order chi connectivity index (χ0) is 22.9. The first-order valence-electron chi connectivity index (χ1n) is 8.98. The number of carbonyl (C=O) groups is 2. The molecule has 1 aromatic carbocycles. The molecule has 4 rings (SSSR count). The van der Waals surface area contributed by atoms with Crippen molar-refractivity contribution in [3.63, 3.8) is 0 Å². The van der Waals surface area contributed by atoms with E-state index in [0.717, 1.165) is 17.4 Å². The Bertz CT molecular complexity index is 1320. The van der Waals surface area contributed by atoms with Gasteiger partial charge in [-0.25, -0.2) is 19.9 Å². The van der Waals surface area contributed by atoms with Gasteiger partial charge in [0, 0.05) is 5.69 Å². The van der Waals surface area contributed by atoms with E-state index in [-0.39, 0.29) is 28.4 Å². The number of benzene rings is 1. The standard InChI is InChI=1S/C19H13F3N6O2S2/c1-9-2-3-10(4-11(9)19(20,21)22)28-16(29)12-5-23-13(32-12)6-24-17(30)14-15-18(26-7-25-14)31-8-27-15/h2-5,7-8H,6H2,1H3,(H,24,30)(H,28,29). The van der Waals surface area contributed by atoms with E-state index in [1.54, 1.807) is 5.51 Å². The van der Waals surface area contributed by atoms with Crippen LogP contribution in [0, 0.1) is 6.92 Å². The summed E-state index contributed by atoms with van der Waals surface area (Å²) < 4.78 is 39.2. The van der Waals surface area contributed by atoms with Crippen molar-refractivity contribution in [3.05, 3.63) is 62.9 Å². The lowest BCUT2D eigenvalue weighted by atomic mass is 10.1. The molecule has 2 N–H and O–H groups in total. The SMILES string of the molecule is Cc1ccc(NC(=O)c2cnc(CNC(=O)c3ncnc4scnc34)s2)cc1C(F)(F)F. The van der Waals surface area contributed by atoms with Gasteiger partial charge in [0.25, 0.3) is 11.8 Å². The minimum Gasteiger partial charge on any atom is -0.344 e. The monoisotopic (exact) mass is 478 g/mol. The molecular weight excluding hydrogens is 465 g/mol. The van der Waals surface area contributed by atoms with Crippen molar-refractivity contribution >= 4 is 50.5 Å². The summed E-state index contributed by atoms with van der Waals surface area (Å²) in [4.78, 5) is 41.8. The van der Waals surface area contributed by atoms with Crippen molar-refractivity contribution in [2.24, 2.45) is 0 Å². The Morgan fingerprint density at radius 1 is 1.09 bits per heavy atom. The third-order valence-corrected chi connectivity index (χ3v) is 6.06. The maximum absolute atomic E-state index is 13.1. The van der Waals surface area contributed by atoms with Gasteiger partial charge in [-0.2, -0.15) is 13.2 Å². The lowest BCUT2D eigenvalue weighted by Gasteiger charge is -2.12. The summed E-state index contributed by atoms with van der Waals surface area (Å²) >= 11 is 2.29. The molecule has 0 spiro atoms. The van der Waals surface area contributed by atoms with Crippen LogP contribution in [-0.4, -0.2) is 31.8 Å². The number of halogens is 3. The Morgan fingerprint density at radius 2 is 1.91 bits per heavy atom. The van der Waals surface area contributed by atoms with Crippen LogP contribution < -0.4 is 10.6 Å². The van der Waals surface area contributed by atoms with Gasteiger partial charge in [0.2, 0.25) is 0 Å². The first-order valence-corrected chi connectivity index (χ1v) is 10.7. The van der Waals surface area contributed by atoms with Gasteiger partial charge in [-0.3, -0.25) is 9.59 Å². The summed E-state index contributed by atoms with van der Waals surface area (Å²) in [6, 6.07) is 3.57. The molecule has 0 aliphatic carbocycles. The second-order valence-corrected chi connectivity index (χ2v) is 8.46. The zero-order valence-electron chi connectivity index (χ0n) is 16.2. The molecular formula is C19H13F3N6O2S2. The Hall–Kier alpha value is -3.45. The first kappa shape index (κ1) is 21.8. The van der Waals surface area contributed by atoms with Crippen LogP contribution in [0.3, 0.4) is 0 Å². The average molecular weight is 478 g/mol. The smallest absolute Gasteiger partial charge is 0.344 e. The highest BCUT2D eigenvalue weighted by Gasteiger charge is 2.32. The molecule has 0 saturated heterocycles. The molecule has 0 unspecified atom stereocenters. The summed E-state index contributed by atoms with van der Waals surface area (Å²) in [6.07, 6.45) is -1.95. The van der Waals surface area contributed by atoms with E-state index in [2.05, 4.69) is 30.6 Å². The van der Waals surface area contributed by atoms with Crippen LogP contribution >= 0.6 is 22.7 Å². The van der Waals surface area contributed by atoms with Crippen LogP contribution in [0.2, 0.25) is 0 Å². The van der Waals surface area contributed by atoms with Crippen LogP contribution in [0.4, 0.5) is 18.9 Å². The van der Waals surface area contributed by atoms with Crippen molar-refractivity contribution < 1.29 is 22.8 Å². The van der Waals surface area contributed by atoms with Gasteiger partial charge in [-0.1, -0.05) is 6.07 Å². The van der Waals surface area contributed by atoms with Crippen LogP contribution in [0.25, 0.3) is 10.3 Å². The van der Waals surface area contributed by atoms with Gasteiger partial charge in [0.05, 0.1) is 23.8 Å². The molecule has 164 valence electrons. The second kappa shape index (κ2) is 8.59. The summed E-state index contributed by atoms with van der Waals surface area (Å²) in [7, 11) is 0. The van der Waals surface area contributed by atoms with E-state index >= 15 is 0 Å². The third kappa shape index (κ3) is 4.57. The maximum Gasteiger partial charge on any atom is 0.416 e. The van der Waals surface area contributed by atoms with Crippen molar-refractivity contribution in [2.45, 2.75) is 19.6 Å². The predicted molar refractivity (Wildman–Crippen MR) is 113 cm³/mol. The minimum atomic E-state index is -4.52. The molecule has 0 fully saturated rings. The molecule has 8 nitrogen and oxygen atoms in total. The Kier molecular flexibility index (Phi) is 5.84. The van der Waals surface area contributed by atoms with Crippen molar-refractivity contribution in [2.75, 3.05) is 5.32 Å². The van der Waals surface area contributed by atoms with Gasteiger partial charge >= 0.3 is 6.18 Å². The topological polar surface area (TPSA) is 110 Å².